The highest BCUT2D eigenvalue weighted by Gasteiger charge is 2.38. The van der Waals surface area contributed by atoms with Crippen molar-refractivity contribution in [3.8, 4) is 5.75 Å². The van der Waals surface area contributed by atoms with Gasteiger partial charge in [-0.15, -0.1) is 0 Å². The number of fused-ring (bicyclic) bond motifs is 1. The summed E-state index contributed by atoms with van der Waals surface area (Å²) in [5, 5.41) is 11.0. The summed E-state index contributed by atoms with van der Waals surface area (Å²) in [6, 6.07) is 7.66. The van der Waals surface area contributed by atoms with Gasteiger partial charge in [-0.05, 0) is 55.7 Å². The largest absolute Gasteiger partial charge is 0.507 e. The summed E-state index contributed by atoms with van der Waals surface area (Å²) in [4.78, 5) is 12.8. The van der Waals surface area contributed by atoms with Crippen molar-refractivity contribution >= 4 is 5.69 Å². The molecule has 2 aliphatic rings. The minimum absolute atomic E-state index is 0.129. The summed E-state index contributed by atoms with van der Waals surface area (Å²) in [7, 11) is 0. The summed E-state index contributed by atoms with van der Waals surface area (Å²) < 4.78 is 5.71. The molecule has 0 bridgehead atoms. The fourth-order valence-corrected chi connectivity index (χ4v) is 4.15. The molecule has 3 N–H and O–H groups in total. The molecule has 4 heteroatoms. The van der Waals surface area contributed by atoms with E-state index in [2.05, 4.69) is 0 Å². The molecule has 1 aromatic carbocycles. The third kappa shape index (κ3) is 3.17. The SMILES string of the molecule is Nc1cccc([C@H](c2c(O)c3c(oc2=O)CCCCCC3)C2CC2)c1. The van der Waals surface area contributed by atoms with Crippen LogP contribution in [0.3, 0.4) is 0 Å². The van der Waals surface area contributed by atoms with Gasteiger partial charge in [0.1, 0.15) is 11.5 Å². The highest BCUT2D eigenvalue weighted by Crippen LogP contribution is 2.48. The van der Waals surface area contributed by atoms with Crippen molar-refractivity contribution in [3.05, 3.63) is 57.1 Å². The van der Waals surface area contributed by atoms with E-state index >= 15 is 0 Å². The van der Waals surface area contributed by atoms with E-state index in [1.807, 2.05) is 24.3 Å². The average molecular weight is 339 g/mol. The lowest BCUT2D eigenvalue weighted by atomic mass is 9.85. The van der Waals surface area contributed by atoms with Crippen LogP contribution in [0.5, 0.6) is 5.75 Å². The van der Waals surface area contributed by atoms with Gasteiger partial charge in [0.25, 0.3) is 0 Å². The first-order valence-electron chi connectivity index (χ1n) is 9.38. The number of hydrogen-bond donors (Lipinski definition) is 2. The Morgan fingerprint density at radius 1 is 1.12 bits per heavy atom. The second-order valence-corrected chi connectivity index (χ2v) is 7.45. The van der Waals surface area contributed by atoms with Crippen LogP contribution in [0.4, 0.5) is 5.69 Å². The molecule has 0 amide bonds. The van der Waals surface area contributed by atoms with Crippen LogP contribution in [0, 0.1) is 5.92 Å². The van der Waals surface area contributed by atoms with Gasteiger partial charge in [-0.2, -0.15) is 0 Å². The maximum atomic E-state index is 12.8. The van der Waals surface area contributed by atoms with Gasteiger partial charge in [-0.1, -0.05) is 25.0 Å². The van der Waals surface area contributed by atoms with Crippen LogP contribution in [0.15, 0.2) is 33.5 Å². The Morgan fingerprint density at radius 2 is 1.88 bits per heavy atom. The zero-order valence-corrected chi connectivity index (χ0v) is 14.5. The Hall–Kier alpha value is -2.23. The molecule has 0 spiro atoms. The van der Waals surface area contributed by atoms with Gasteiger partial charge < -0.3 is 15.3 Å². The molecule has 0 saturated heterocycles. The Balaban J connectivity index is 1.85. The maximum Gasteiger partial charge on any atom is 0.343 e. The van der Waals surface area contributed by atoms with E-state index in [9.17, 15) is 9.90 Å². The predicted octanol–water partition coefficient (Wildman–Crippen LogP) is 4.13. The molecule has 0 radical (unpaired) electrons. The first-order chi connectivity index (χ1) is 12.1. The number of benzene rings is 1. The lowest BCUT2D eigenvalue weighted by molar-refractivity contribution is 0.382. The molecule has 0 aliphatic heterocycles. The summed E-state index contributed by atoms with van der Waals surface area (Å²) in [5.74, 6) is 1.11. The second kappa shape index (κ2) is 6.58. The fourth-order valence-electron chi connectivity index (χ4n) is 4.15. The van der Waals surface area contributed by atoms with E-state index < -0.39 is 0 Å². The molecule has 1 heterocycles. The molecule has 1 aromatic heterocycles. The number of rotatable bonds is 3. The molecule has 0 unspecified atom stereocenters. The van der Waals surface area contributed by atoms with Crippen molar-refractivity contribution < 1.29 is 9.52 Å². The number of nitrogen functional groups attached to an aromatic ring is 1. The lowest BCUT2D eigenvalue weighted by Gasteiger charge is -2.21. The van der Waals surface area contributed by atoms with Crippen molar-refractivity contribution in [1.29, 1.82) is 0 Å². The van der Waals surface area contributed by atoms with Crippen LogP contribution in [-0.2, 0) is 12.8 Å². The zero-order valence-electron chi connectivity index (χ0n) is 14.5. The van der Waals surface area contributed by atoms with Crippen molar-refractivity contribution in [2.75, 3.05) is 5.73 Å². The summed E-state index contributed by atoms with van der Waals surface area (Å²) in [6.45, 7) is 0. The standard InChI is InChI=1S/C21H25NO3/c22-15-7-5-6-14(12-15)18(13-10-11-13)19-20(23)16-8-3-1-2-4-9-17(16)25-21(19)24/h5-7,12-13,18,23H,1-4,8-11,22H2/t18-/m1/s1. The van der Waals surface area contributed by atoms with E-state index in [0.29, 0.717) is 22.9 Å². The predicted molar refractivity (Wildman–Crippen MR) is 97.9 cm³/mol. The molecule has 25 heavy (non-hydrogen) atoms. The monoisotopic (exact) mass is 339 g/mol. The highest BCUT2D eigenvalue weighted by molar-refractivity contribution is 5.50. The van der Waals surface area contributed by atoms with Gasteiger partial charge in [0.15, 0.2) is 0 Å². The number of hydrogen-bond acceptors (Lipinski definition) is 4. The molecule has 132 valence electrons. The van der Waals surface area contributed by atoms with Gasteiger partial charge in [0.05, 0.1) is 5.56 Å². The Bertz CT molecular complexity index is 836. The van der Waals surface area contributed by atoms with Gasteiger partial charge in [0, 0.05) is 23.6 Å². The molecule has 1 saturated carbocycles. The smallest absolute Gasteiger partial charge is 0.343 e. The third-order valence-electron chi connectivity index (χ3n) is 5.57. The molecular weight excluding hydrogens is 314 g/mol. The van der Waals surface area contributed by atoms with Gasteiger partial charge in [0.2, 0.25) is 0 Å². The lowest BCUT2D eigenvalue weighted by Crippen LogP contribution is -2.19. The molecule has 2 aromatic rings. The average Bonchev–Trinajstić information content (AvgIpc) is 3.38. The van der Waals surface area contributed by atoms with E-state index in [1.54, 1.807) is 0 Å². The molecule has 1 fully saturated rings. The number of nitrogens with two attached hydrogens (primary N) is 1. The van der Waals surface area contributed by atoms with Gasteiger partial charge in [-0.3, -0.25) is 0 Å². The van der Waals surface area contributed by atoms with Crippen molar-refractivity contribution in [2.24, 2.45) is 5.92 Å². The number of aromatic hydroxyl groups is 1. The summed E-state index contributed by atoms with van der Waals surface area (Å²) >= 11 is 0. The van der Waals surface area contributed by atoms with Crippen LogP contribution in [0.1, 0.15) is 66.9 Å². The van der Waals surface area contributed by atoms with E-state index in [1.165, 1.54) is 0 Å². The quantitative estimate of drug-likeness (QED) is 0.824. The Labute approximate surface area is 147 Å². The van der Waals surface area contributed by atoms with Crippen LogP contribution < -0.4 is 11.4 Å². The van der Waals surface area contributed by atoms with E-state index in [4.69, 9.17) is 10.2 Å². The van der Waals surface area contributed by atoms with Crippen LogP contribution in [0.25, 0.3) is 0 Å². The van der Waals surface area contributed by atoms with Gasteiger partial charge in [-0.25, -0.2) is 4.79 Å². The van der Waals surface area contributed by atoms with E-state index in [0.717, 1.165) is 62.5 Å². The van der Waals surface area contributed by atoms with Crippen LogP contribution in [0.2, 0.25) is 0 Å². The number of aryl methyl sites for hydroxylation is 1. The minimum Gasteiger partial charge on any atom is -0.507 e. The first kappa shape index (κ1) is 16.2. The van der Waals surface area contributed by atoms with E-state index in [-0.39, 0.29) is 17.3 Å². The number of anilines is 1. The topological polar surface area (TPSA) is 76.5 Å². The Morgan fingerprint density at radius 3 is 2.60 bits per heavy atom. The normalized spacial score (nSPS) is 18.9. The van der Waals surface area contributed by atoms with Crippen LogP contribution in [-0.4, -0.2) is 5.11 Å². The third-order valence-corrected chi connectivity index (χ3v) is 5.57. The maximum absolute atomic E-state index is 12.8. The fraction of sp³-hybridized carbons (Fsp3) is 0.476. The minimum atomic E-state index is -0.379. The molecule has 4 nitrogen and oxygen atoms in total. The van der Waals surface area contributed by atoms with Crippen molar-refractivity contribution in [1.82, 2.24) is 0 Å². The summed E-state index contributed by atoms with van der Waals surface area (Å²) in [5.41, 5.74) is 8.54. The summed E-state index contributed by atoms with van der Waals surface area (Å²) in [6.07, 6.45) is 8.01. The van der Waals surface area contributed by atoms with Crippen LogP contribution >= 0.6 is 0 Å². The molecule has 4 rings (SSSR count). The highest BCUT2D eigenvalue weighted by atomic mass is 16.4. The molecule has 2 aliphatic carbocycles. The van der Waals surface area contributed by atoms with Crippen molar-refractivity contribution in [3.63, 3.8) is 0 Å². The molecular formula is C21H25NO3. The van der Waals surface area contributed by atoms with Crippen molar-refractivity contribution in [2.45, 2.75) is 57.3 Å². The second-order valence-electron chi connectivity index (χ2n) is 7.45. The zero-order chi connectivity index (χ0) is 17.4. The Kier molecular flexibility index (Phi) is 4.28. The van der Waals surface area contributed by atoms with Gasteiger partial charge >= 0.3 is 5.63 Å². The first-order valence-corrected chi connectivity index (χ1v) is 9.38. The molecule has 1 atom stereocenters.